The fourth-order valence-electron chi connectivity index (χ4n) is 0.899. The van der Waals surface area contributed by atoms with Crippen LogP contribution in [-0.4, -0.2) is 5.11 Å². The topological polar surface area (TPSA) is 46.2 Å². The zero-order chi connectivity index (χ0) is 8.43. The quantitative estimate of drug-likeness (QED) is 0.680. The zero-order valence-electron chi connectivity index (χ0n) is 6.21. The molecule has 0 saturated heterocycles. The van der Waals surface area contributed by atoms with Crippen molar-refractivity contribution in [1.82, 2.24) is 0 Å². The molecule has 0 spiro atoms. The number of nitrogens with two attached hydrogens (primary N) is 1. The van der Waals surface area contributed by atoms with Crippen molar-refractivity contribution in [3.8, 4) is 5.75 Å². The van der Waals surface area contributed by atoms with E-state index in [0.29, 0.717) is 10.6 Å². The number of halogens is 1. The summed E-state index contributed by atoms with van der Waals surface area (Å²) < 4.78 is 0. The minimum atomic E-state index is -0.186. The van der Waals surface area contributed by atoms with Gasteiger partial charge < -0.3 is 10.8 Å². The average molecular weight is 172 g/mol. The van der Waals surface area contributed by atoms with Crippen LogP contribution in [0.1, 0.15) is 18.5 Å². The molecule has 0 saturated carbocycles. The largest absolute Gasteiger partial charge is 0.506 e. The van der Waals surface area contributed by atoms with Crippen molar-refractivity contribution in [2.45, 2.75) is 13.0 Å². The molecule has 11 heavy (non-hydrogen) atoms. The molecular weight excluding hydrogens is 162 g/mol. The molecule has 1 aromatic carbocycles. The van der Waals surface area contributed by atoms with E-state index in [0.717, 1.165) is 0 Å². The molecule has 0 heterocycles. The van der Waals surface area contributed by atoms with Crippen LogP contribution in [-0.2, 0) is 0 Å². The van der Waals surface area contributed by atoms with Crippen LogP contribution in [0.2, 0.25) is 5.02 Å². The lowest BCUT2D eigenvalue weighted by atomic mass is 10.1. The summed E-state index contributed by atoms with van der Waals surface area (Å²) in [6, 6.07) is 4.96. The molecule has 0 amide bonds. The number of phenols is 1. The van der Waals surface area contributed by atoms with Crippen LogP contribution >= 0.6 is 11.6 Å². The summed E-state index contributed by atoms with van der Waals surface area (Å²) in [5.41, 5.74) is 6.24. The Labute approximate surface area is 70.6 Å². The van der Waals surface area contributed by atoms with Gasteiger partial charge in [0, 0.05) is 11.6 Å². The molecule has 1 atom stereocenters. The Balaban J connectivity index is 3.17. The lowest BCUT2D eigenvalue weighted by Crippen LogP contribution is -2.04. The Kier molecular flexibility index (Phi) is 2.37. The summed E-state index contributed by atoms with van der Waals surface area (Å²) in [7, 11) is 0. The zero-order valence-corrected chi connectivity index (χ0v) is 6.97. The number of phenolic OH excluding ortho intramolecular Hbond substituents is 1. The van der Waals surface area contributed by atoms with Crippen molar-refractivity contribution in [3.63, 3.8) is 0 Å². The minimum Gasteiger partial charge on any atom is -0.506 e. The smallest absolute Gasteiger partial charge is 0.138 e. The first-order chi connectivity index (χ1) is 5.13. The number of hydrogen-bond donors (Lipinski definition) is 2. The third kappa shape index (κ3) is 1.64. The highest BCUT2D eigenvalue weighted by Gasteiger charge is 2.07. The molecule has 3 heteroatoms. The molecule has 0 aliphatic rings. The monoisotopic (exact) mass is 171 g/mol. The van der Waals surface area contributed by atoms with Crippen LogP contribution in [0.4, 0.5) is 0 Å². The fraction of sp³-hybridized carbons (Fsp3) is 0.250. The van der Waals surface area contributed by atoms with Gasteiger partial charge in [-0.15, -0.1) is 0 Å². The lowest BCUT2D eigenvalue weighted by molar-refractivity contribution is 0.464. The molecule has 0 aromatic heterocycles. The Morgan fingerprint density at radius 3 is 2.64 bits per heavy atom. The van der Waals surface area contributed by atoms with Gasteiger partial charge in [-0.25, -0.2) is 0 Å². The van der Waals surface area contributed by atoms with Gasteiger partial charge >= 0.3 is 0 Å². The third-order valence-corrected chi connectivity index (χ3v) is 1.81. The molecule has 2 nitrogen and oxygen atoms in total. The van der Waals surface area contributed by atoms with Crippen molar-refractivity contribution < 1.29 is 5.11 Å². The molecular formula is C8H10ClNO. The third-order valence-electron chi connectivity index (χ3n) is 1.51. The molecule has 0 bridgehead atoms. The SMILES string of the molecule is C[C@H](N)c1cccc(Cl)c1O. The predicted octanol–water partition coefficient (Wildman–Crippen LogP) is 2.07. The van der Waals surface area contributed by atoms with Gasteiger partial charge in [-0.3, -0.25) is 0 Å². The van der Waals surface area contributed by atoms with Gasteiger partial charge in [-0.05, 0) is 13.0 Å². The number of hydrogen-bond acceptors (Lipinski definition) is 2. The van der Waals surface area contributed by atoms with Crippen LogP contribution in [0.3, 0.4) is 0 Å². The standard InChI is InChI=1S/C8H10ClNO/c1-5(10)6-3-2-4-7(9)8(6)11/h2-5,11H,10H2,1H3/t5-/m0/s1. The van der Waals surface area contributed by atoms with Crippen molar-refractivity contribution in [2.75, 3.05) is 0 Å². The molecule has 1 rings (SSSR count). The fourth-order valence-corrected chi connectivity index (χ4v) is 1.08. The van der Waals surface area contributed by atoms with E-state index in [1.165, 1.54) is 0 Å². The van der Waals surface area contributed by atoms with Gasteiger partial charge in [-0.1, -0.05) is 23.7 Å². The summed E-state index contributed by atoms with van der Waals surface area (Å²) in [6.07, 6.45) is 0. The van der Waals surface area contributed by atoms with E-state index in [2.05, 4.69) is 0 Å². The maximum atomic E-state index is 9.36. The van der Waals surface area contributed by atoms with E-state index in [1.807, 2.05) is 0 Å². The average Bonchev–Trinajstić information content (AvgIpc) is 1.94. The number of benzene rings is 1. The highest BCUT2D eigenvalue weighted by atomic mass is 35.5. The van der Waals surface area contributed by atoms with Crippen LogP contribution in [0.25, 0.3) is 0 Å². The molecule has 0 unspecified atom stereocenters. The van der Waals surface area contributed by atoms with Crippen LogP contribution < -0.4 is 5.73 Å². The van der Waals surface area contributed by atoms with Gasteiger partial charge in [0.2, 0.25) is 0 Å². The molecule has 0 aliphatic heterocycles. The first-order valence-electron chi connectivity index (χ1n) is 3.36. The van der Waals surface area contributed by atoms with Crippen molar-refractivity contribution in [2.24, 2.45) is 5.73 Å². The highest BCUT2D eigenvalue weighted by Crippen LogP contribution is 2.29. The van der Waals surface area contributed by atoms with Gasteiger partial charge in [0.25, 0.3) is 0 Å². The second kappa shape index (κ2) is 3.11. The predicted molar refractivity (Wildman–Crippen MR) is 45.7 cm³/mol. The Hall–Kier alpha value is -0.730. The van der Waals surface area contributed by atoms with Gasteiger partial charge in [-0.2, -0.15) is 0 Å². The Morgan fingerprint density at radius 1 is 1.55 bits per heavy atom. The highest BCUT2D eigenvalue weighted by molar-refractivity contribution is 6.32. The maximum Gasteiger partial charge on any atom is 0.138 e. The lowest BCUT2D eigenvalue weighted by Gasteiger charge is -2.08. The summed E-state index contributed by atoms with van der Waals surface area (Å²) >= 11 is 5.65. The number of rotatable bonds is 1. The van der Waals surface area contributed by atoms with E-state index < -0.39 is 0 Å². The summed E-state index contributed by atoms with van der Waals surface area (Å²) in [5.74, 6) is 0.0872. The normalized spacial score (nSPS) is 13.0. The van der Waals surface area contributed by atoms with Crippen molar-refractivity contribution >= 4 is 11.6 Å². The van der Waals surface area contributed by atoms with Crippen molar-refractivity contribution in [1.29, 1.82) is 0 Å². The summed E-state index contributed by atoms with van der Waals surface area (Å²) in [5, 5.41) is 9.70. The molecule has 60 valence electrons. The van der Waals surface area contributed by atoms with E-state index >= 15 is 0 Å². The summed E-state index contributed by atoms with van der Waals surface area (Å²) in [6.45, 7) is 1.80. The van der Waals surface area contributed by atoms with Gasteiger partial charge in [0.05, 0.1) is 5.02 Å². The minimum absolute atomic E-state index is 0.0872. The summed E-state index contributed by atoms with van der Waals surface area (Å²) in [4.78, 5) is 0. The second-order valence-electron chi connectivity index (χ2n) is 2.47. The molecule has 1 aromatic rings. The second-order valence-corrected chi connectivity index (χ2v) is 2.87. The Morgan fingerprint density at radius 2 is 2.18 bits per heavy atom. The molecule has 3 N–H and O–H groups in total. The van der Waals surface area contributed by atoms with E-state index in [-0.39, 0.29) is 11.8 Å². The Bertz CT molecular complexity index is 260. The number of aromatic hydroxyl groups is 1. The maximum absolute atomic E-state index is 9.36. The first kappa shape index (κ1) is 8.37. The molecule has 0 radical (unpaired) electrons. The number of para-hydroxylation sites is 1. The van der Waals surface area contributed by atoms with Crippen LogP contribution in [0.5, 0.6) is 5.75 Å². The van der Waals surface area contributed by atoms with E-state index in [9.17, 15) is 5.11 Å². The van der Waals surface area contributed by atoms with E-state index in [4.69, 9.17) is 17.3 Å². The molecule has 0 aliphatic carbocycles. The van der Waals surface area contributed by atoms with Crippen LogP contribution in [0, 0.1) is 0 Å². The van der Waals surface area contributed by atoms with E-state index in [1.54, 1.807) is 25.1 Å². The van der Waals surface area contributed by atoms with Crippen molar-refractivity contribution in [3.05, 3.63) is 28.8 Å². The van der Waals surface area contributed by atoms with Gasteiger partial charge in [0.1, 0.15) is 5.75 Å². The van der Waals surface area contributed by atoms with Gasteiger partial charge in [0.15, 0.2) is 0 Å². The molecule has 0 fully saturated rings. The first-order valence-corrected chi connectivity index (χ1v) is 3.73. The van der Waals surface area contributed by atoms with Crippen LogP contribution in [0.15, 0.2) is 18.2 Å².